The first-order valence-electron chi connectivity index (χ1n) is 8.15. The molecule has 2 aromatic carbocycles. The lowest BCUT2D eigenvalue weighted by Gasteiger charge is -2.08. The lowest BCUT2D eigenvalue weighted by molar-refractivity contribution is -0.122. The van der Waals surface area contributed by atoms with E-state index in [0.717, 1.165) is 12.0 Å². The molecule has 3 rings (SSSR count). The standard InChI is InChI=1S/C19H19ClN2O3/c20-17-4-2-1-3-14(17)15-11-16(15)19(25)22-10-9-21-18(24)12-5-7-13(23)8-6-12/h1-8,15-16,23H,9-11H2,(H,21,24)(H,22,25). The molecule has 1 saturated carbocycles. The minimum atomic E-state index is -0.241. The van der Waals surface area contributed by atoms with Gasteiger partial charge in [-0.2, -0.15) is 0 Å². The van der Waals surface area contributed by atoms with Crippen LogP contribution in [0.3, 0.4) is 0 Å². The first-order chi connectivity index (χ1) is 12.1. The molecule has 0 radical (unpaired) electrons. The van der Waals surface area contributed by atoms with Crippen LogP contribution in [-0.2, 0) is 4.79 Å². The average Bonchev–Trinajstić information content (AvgIpc) is 3.40. The predicted octanol–water partition coefficient (Wildman–Crippen LogP) is 2.70. The SMILES string of the molecule is O=C(NCCNC(=O)C1CC1c1ccccc1Cl)c1ccc(O)cc1. The Morgan fingerprint density at radius 1 is 1.04 bits per heavy atom. The van der Waals surface area contributed by atoms with E-state index >= 15 is 0 Å². The van der Waals surface area contributed by atoms with Crippen LogP contribution in [-0.4, -0.2) is 30.0 Å². The van der Waals surface area contributed by atoms with Crippen molar-refractivity contribution in [1.29, 1.82) is 0 Å². The number of aromatic hydroxyl groups is 1. The van der Waals surface area contributed by atoms with Crippen LogP contribution in [0.5, 0.6) is 5.75 Å². The Bertz CT molecular complexity index is 776. The number of halogens is 1. The first kappa shape index (κ1) is 17.3. The molecular weight excluding hydrogens is 340 g/mol. The number of hydrogen-bond acceptors (Lipinski definition) is 3. The molecule has 5 nitrogen and oxygen atoms in total. The van der Waals surface area contributed by atoms with Crippen LogP contribution < -0.4 is 10.6 Å². The second kappa shape index (κ2) is 7.57. The van der Waals surface area contributed by atoms with Crippen LogP contribution >= 0.6 is 11.6 Å². The molecule has 130 valence electrons. The number of benzene rings is 2. The van der Waals surface area contributed by atoms with Gasteiger partial charge in [0.15, 0.2) is 0 Å². The van der Waals surface area contributed by atoms with E-state index in [4.69, 9.17) is 11.6 Å². The third-order valence-electron chi connectivity index (χ3n) is 4.27. The molecule has 0 heterocycles. The monoisotopic (exact) mass is 358 g/mol. The molecule has 0 aliphatic heterocycles. The topological polar surface area (TPSA) is 78.4 Å². The molecule has 0 saturated heterocycles. The van der Waals surface area contributed by atoms with E-state index in [1.54, 1.807) is 12.1 Å². The minimum absolute atomic E-state index is 0.0104. The van der Waals surface area contributed by atoms with Crippen molar-refractivity contribution in [3.05, 3.63) is 64.7 Å². The van der Waals surface area contributed by atoms with Gasteiger partial charge < -0.3 is 15.7 Å². The van der Waals surface area contributed by atoms with Gasteiger partial charge in [0.2, 0.25) is 5.91 Å². The van der Waals surface area contributed by atoms with Crippen LogP contribution in [0, 0.1) is 5.92 Å². The Labute approximate surface area is 151 Å². The number of carbonyl (C=O) groups is 2. The van der Waals surface area contributed by atoms with Crippen LogP contribution in [0.1, 0.15) is 28.3 Å². The molecule has 1 fully saturated rings. The minimum Gasteiger partial charge on any atom is -0.508 e. The highest BCUT2D eigenvalue weighted by molar-refractivity contribution is 6.31. The number of carbonyl (C=O) groups excluding carboxylic acids is 2. The van der Waals surface area contributed by atoms with E-state index in [1.807, 2.05) is 24.3 Å². The Hall–Kier alpha value is -2.53. The van der Waals surface area contributed by atoms with Crippen molar-refractivity contribution in [1.82, 2.24) is 10.6 Å². The van der Waals surface area contributed by atoms with Crippen molar-refractivity contribution in [3.8, 4) is 5.75 Å². The molecule has 0 spiro atoms. The summed E-state index contributed by atoms with van der Waals surface area (Å²) in [4.78, 5) is 24.1. The van der Waals surface area contributed by atoms with Gasteiger partial charge in [-0.1, -0.05) is 29.8 Å². The molecule has 0 bridgehead atoms. The summed E-state index contributed by atoms with van der Waals surface area (Å²) >= 11 is 6.16. The number of hydrogen-bond donors (Lipinski definition) is 3. The van der Waals surface area contributed by atoms with E-state index in [9.17, 15) is 14.7 Å². The summed E-state index contributed by atoms with van der Waals surface area (Å²) in [7, 11) is 0. The fourth-order valence-corrected chi connectivity index (χ4v) is 3.09. The third kappa shape index (κ3) is 4.31. The lowest BCUT2D eigenvalue weighted by atomic mass is 10.1. The highest BCUT2D eigenvalue weighted by Crippen LogP contribution is 2.49. The van der Waals surface area contributed by atoms with Gasteiger partial charge in [-0.25, -0.2) is 0 Å². The van der Waals surface area contributed by atoms with Crippen LogP contribution in [0.15, 0.2) is 48.5 Å². The Morgan fingerprint density at radius 2 is 1.72 bits per heavy atom. The van der Waals surface area contributed by atoms with E-state index in [2.05, 4.69) is 10.6 Å². The van der Waals surface area contributed by atoms with Crippen molar-refractivity contribution in [2.24, 2.45) is 5.92 Å². The van der Waals surface area contributed by atoms with Crippen molar-refractivity contribution < 1.29 is 14.7 Å². The zero-order chi connectivity index (χ0) is 17.8. The summed E-state index contributed by atoms with van der Waals surface area (Å²) in [6, 6.07) is 13.6. The fourth-order valence-electron chi connectivity index (χ4n) is 2.81. The van der Waals surface area contributed by atoms with Crippen molar-refractivity contribution >= 4 is 23.4 Å². The molecule has 0 aromatic heterocycles. The number of nitrogens with one attached hydrogen (secondary N) is 2. The van der Waals surface area contributed by atoms with Gasteiger partial charge in [-0.05, 0) is 48.2 Å². The molecule has 2 aromatic rings. The molecule has 6 heteroatoms. The highest BCUT2D eigenvalue weighted by atomic mass is 35.5. The van der Waals surface area contributed by atoms with Crippen LogP contribution in [0.25, 0.3) is 0 Å². The Balaban J connectivity index is 1.40. The van der Waals surface area contributed by atoms with E-state index < -0.39 is 0 Å². The molecule has 2 amide bonds. The maximum Gasteiger partial charge on any atom is 0.251 e. The highest BCUT2D eigenvalue weighted by Gasteiger charge is 2.44. The normalized spacial score (nSPS) is 18.4. The number of phenolic OH excluding ortho intramolecular Hbond substituents is 1. The molecule has 2 unspecified atom stereocenters. The first-order valence-corrected chi connectivity index (χ1v) is 8.53. The molecular formula is C19H19ClN2O3. The number of rotatable bonds is 6. The van der Waals surface area contributed by atoms with Gasteiger partial charge in [0.25, 0.3) is 5.91 Å². The second-order valence-corrected chi connectivity index (χ2v) is 6.47. The number of amides is 2. The van der Waals surface area contributed by atoms with Crippen molar-refractivity contribution in [3.63, 3.8) is 0 Å². The maximum absolute atomic E-state index is 12.2. The van der Waals surface area contributed by atoms with Crippen LogP contribution in [0.4, 0.5) is 0 Å². The van der Waals surface area contributed by atoms with E-state index in [0.29, 0.717) is 23.7 Å². The maximum atomic E-state index is 12.2. The molecule has 3 N–H and O–H groups in total. The third-order valence-corrected chi connectivity index (χ3v) is 4.62. The van der Waals surface area contributed by atoms with Gasteiger partial charge in [-0.3, -0.25) is 9.59 Å². The lowest BCUT2D eigenvalue weighted by Crippen LogP contribution is -2.35. The number of phenols is 1. The second-order valence-electron chi connectivity index (χ2n) is 6.06. The zero-order valence-electron chi connectivity index (χ0n) is 13.5. The summed E-state index contributed by atoms with van der Waals surface area (Å²) in [5.41, 5.74) is 1.48. The summed E-state index contributed by atoms with van der Waals surface area (Å²) in [6.07, 6.45) is 0.801. The van der Waals surface area contributed by atoms with E-state index in [1.165, 1.54) is 12.1 Å². The van der Waals surface area contributed by atoms with Crippen LogP contribution in [0.2, 0.25) is 5.02 Å². The van der Waals surface area contributed by atoms with E-state index in [-0.39, 0.29) is 29.4 Å². The van der Waals surface area contributed by atoms with Crippen molar-refractivity contribution in [2.75, 3.05) is 13.1 Å². The van der Waals surface area contributed by atoms with Gasteiger partial charge in [-0.15, -0.1) is 0 Å². The summed E-state index contributed by atoms with van der Waals surface area (Å²) in [5, 5.41) is 15.5. The summed E-state index contributed by atoms with van der Waals surface area (Å²) in [6.45, 7) is 0.712. The van der Waals surface area contributed by atoms with Crippen molar-refractivity contribution in [2.45, 2.75) is 12.3 Å². The predicted molar refractivity (Wildman–Crippen MR) is 95.7 cm³/mol. The van der Waals surface area contributed by atoms with Gasteiger partial charge >= 0.3 is 0 Å². The van der Waals surface area contributed by atoms with Gasteiger partial charge in [0, 0.05) is 29.6 Å². The summed E-state index contributed by atoms with van der Waals surface area (Å²) < 4.78 is 0. The molecule has 25 heavy (non-hydrogen) atoms. The largest absolute Gasteiger partial charge is 0.508 e. The fraction of sp³-hybridized carbons (Fsp3) is 0.263. The van der Waals surface area contributed by atoms with Gasteiger partial charge in [0.1, 0.15) is 5.75 Å². The molecule has 1 aliphatic carbocycles. The molecule has 1 aliphatic rings. The molecule has 2 atom stereocenters. The smallest absolute Gasteiger partial charge is 0.251 e. The average molecular weight is 359 g/mol. The zero-order valence-corrected chi connectivity index (χ0v) is 14.3. The Kier molecular flexibility index (Phi) is 5.24. The quantitative estimate of drug-likeness (QED) is 0.695. The van der Waals surface area contributed by atoms with Gasteiger partial charge in [0.05, 0.1) is 0 Å². The Morgan fingerprint density at radius 3 is 2.44 bits per heavy atom. The summed E-state index contributed by atoms with van der Waals surface area (Å²) in [5.74, 6) is -0.00674.